The third-order valence-corrected chi connectivity index (χ3v) is 13.9. The Morgan fingerprint density at radius 2 is 1.42 bits per heavy atom. The molecule has 6 fully saturated rings. The van der Waals surface area contributed by atoms with Gasteiger partial charge < -0.3 is 0 Å². The van der Waals surface area contributed by atoms with Crippen LogP contribution in [0.15, 0.2) is 35.2 Å². The SMILES string of the molecule is Cl[C@@H]1[C@]2(Cl)[C@@H]3[C@@H]4C5[C@@H]([C@@H]4Sc4ccccc4)[C@@H]3[C@@](Cl)(C2(Cl)Cl)[C@@]51Cl. The molecule has 0 aliphatic heterocycles. The fraction of sp³-hybridized carbons (Fsp3) is 0.647. The van der Waals surface area contributed by atoms with Crippen molar-refractivity contribution in [3.63, 3.8) is 0 Å². The standard InChI is InChI=1S/C17H12Cl6S/c18-13-14(19)9-7-10-11(16(14,21)17(22,23)15(10,13)20)8(9)12(7)24-6-4-2-1-3-5-6/h1-5,7-13H/t7-,8+,9?,10+,11-,12+,13-,14+,15+,16-/m0/s1. The van der Waals surface area contributed by atoms with Gasteiger partial charge in [0.2, 0.25) is 0 Å². The summed E-state index contributed by atoms with van der Waals surface area (Å²) < 4.78 is -1.29. The van der Waals surface area contributed by atoms with E-state index in [2.05, 4.69) is 24.3 Å². The summed E-state index contributed by atoms with van der Waals surface area (Å²) in [4.78, 5) is -1.44. The molecule has 6 aliphatic carbocycles. The van der Waals surface area contributed by atoms with Crippen LogP contribution in [0.5, 0.6) is 0 Å². The first kappa shape index (κ1) is 16.3. The van der Waals surface area contributed by atoms with Gasteiger partial charge in [0.1, 0.15) is 9.75 Å². The molecule has 24 heavy (non-hydrogen) atoms. The Labute approximate surface area is 174 Å². The van der Waals surface area contributed by atoms with Crippen LogP contribution in [0.25, 0.3) is 0 Å². The highest BCUT2D eigenvalue weighted by atomic mass is 35.5. The average Bonchev–Trinajstić information content (AvgIpc) is 3.17. The molecule has 6 aliphatic rings. The van der Waals surface area contributed by atoms with E-state index >= 15 is 0 Å². The summed E-state index contributed by atoms with van der Waals surface area (Å²) >= 11 is 43.5. The Bertz CT molecular complexity index is 756. The number of thioether (sulfide) groups is 1. The average molecular weight is 461 g/mol. The number of halogens is 6. The van der Waals surface area contributed by atoms with Crippen LogP contribution >= 0.6 is 81.4 Å². The molecule has 6 bridgehead atoms. The second-order valence-electron chi connectivity index (χ2n) is 7.81. The molecule has 0 heterocycles. The minimum atomic E-state index is -1.29. The Morgan fingerprint density at radius 3 is 2.08 bits per heavy atom. The highest BCUT2D eigenvalue weighted by Gasteiger charge is 3.04. The van der Waals surface area contributed by atoms with Crippen molar-refractivity contribution in [2.75, 3.05) is 0 Å². The largest absolute Gasteiger partial charge is 0.160 e. The third kappa shape index (κ3) is 1.20. The van der Waals surface area contributed by atoms with Gasteiger partial charge in [-0.05, 0) is 41.7 Å². The summed E-state index contributed by atoms with van der Waals surface area (Å²) in [5.74, 6) is 1.34. The van der Waals surface area contributed by atoms with Crippen molar-refractivity contribution in [2.45, 2.75) is 34.5 Å². The predicted molar refractivity (Wildman–Crippen MR) is 103 cm³/mol. The van der Waals surface area contributed by atoms with Gasteiger partial charge in [-0.25, -0.2) is 0 Å². The van der Waals surface area contributed by atoms with Gasteiger partial charge in [0.15, 0.2) is 4.33 Å². The van der Waals surface area contributed by atoms with E-state index in [4.69, 9.17) is 69.6 Å². The molecule has 0 N–H and O–H groups in total. The second-order valence-corrected chi connectivity index (χ2v) is 12.7. The molecular weight excluding hydrogens is 449 g/mol. The third-order valence-electron chi connectivity index (χ3n) is 7.48. The van der Waals surface area contributed by atoms with Crippen LogP contribution in [0.1, 0.15) is 0 Å². The molecular formula is C17H12Cl6S. The minimum Gasteiger partial charge on any atom is -0.122 e. The lowest BCUT2D eigenvalue weighted by Gasteiger charge is -2.58. The number of fused-ring (bicyclic) bond motifs is 1. The zero-order valence-electron chi connectivity index (χ0n) is 12.1. The molecule has 0 aromatic heterocycles. The molecule has 1 aromatic carbocycles. The lowest BCUT2D eigenvalue weighted by molar-refractivity contribution is 0.0702. The van der Waals surface area contributed by atoms with Crippen LogP contribution in [0.2, 0.25) is 0 Å². The van der Waals surface area contributed by atoms with E-state index in [1.165, 1.54) is 4.90 Å². The molecule has 6 saturated carbocycles. The molecule has 0 amide bonds. The van der Waals surface area contributed by atoms with Crippen LogP contribution < -0.4 is 0 Å². The van der Waals surface area contributed by atoms with Gasteiger partial charge in [0.05, 0.1) is 10.3 Å². The summed E-state index contributed by atoms with van der Waals surface area (Å²) in [5.41, 5.74) is 0. The maximum atomic E-state index is 7.12. The lowest BCUT2D eigenvalue weighted by Crippen LogP contribution is -2.67. The Kier molecular flexibility index (Phi) is 2.93. The van der Waals surface area contributed by atoms with E-state index in [1.807, 2.05) is 17.8 Å². The van der Waals surface area contributed by atoms with Gasteiger partial charge in [-0.3, -0.25) is 0 Å². The first-order valence-electron chi connectivity index (χ1n) is 8.04. The van der Waals surface area contributed by atoms with Gasteiger partial charge in [-0.1, -0.05) is 41.4 Å². The molecule has 1 unspecified atom stereocenters. The lowest BCUT2D eigenvalue weighted by atomic mass is 9.58. The van der Waals surface area contributed by atoms with Crippen LogP contribution in [0.3, 0.4) is 0 Å². The van der Waals surface area contributed by atoms with Crippen molar-refractivity contribution < 1.29 is 0 Å². The zero-order chi connectivity index (χ0) is 16.9. The predicted octanol–water partition coefficient (Wildman–Crippen LogP) is 6.01. The second kappa shape index (κ2) is 4.32. The quantitative estimate of drug-likeness (QED) is 0.487. The maximum Gasteiger partial charge on any atom is 0.160 e. The monoisotopic (exact) mass is 458 g/mol. The summed E-state index contributed by atoms with van der Waals surface area (Å²) in [6.45, 7) is 0. The highest BCUT2D eigenvalue weighted by molar-refractivity contribution is 8.00. The van der Waals surface area contributed by atoms with Crippen molar-refractivity contribution in [1.82, 2.24) is 0 Å². The van der Waals surface area contributed by atoms with Crippen LogP contribution in [-0.2, 0) is 0 Å². The smallest absolute Gasteiger partial charge is 0.122 e. The molecule has 0 nitrogen and oxygen atoms in total. The summed E-state index contributed by atoms with van der Waals surface area (Å²) in [5, 5.41) is -0.0334. The summed E-state index contributed by atoms with van der Waals surface area (Å²) in [6, 6.07) is 10.4. The summed E-state index contributed by atoms with van der Waals surface area (Å²) in [6.07, 6.45) is 0. The molecule has 7 heteroatoms. The van der Waals surface area contributed by atoms with Crippen molar-refractivity contribution in [3.8, 4) is 0 Å². The first-order valence-corrected chi connectivity index (χ1v) is 11.2. The van der Waals surface area contributed by atoms with Gasteiger partial charge in [-0.2, -0.15) is 0 Å². The van der Waals surface area contributed by atoms with E-state index < -0.39 is 24.3 Å². The Balaban J connectivity index is 1.48. The van der Waals surface area contributed by atoms with Crippen molar-refractivity contribution >= 4 is 81.4 Å². The van der Waals surface area contributed by atoms with Gasteiger partial charge in [-0.15, -0.1) is 58.2 Å². The van der Waals surface area contributed by atoms with Crippen LogP contribution in [0, 0.1) is 29.6 Å². The van der Waals surface area contributed by atoms with E-state index in [9.17, 15) is 0 Å². The van der Waals surface area contributed by atoms with Crippen molar-refractivity contribution in [3.05, 3.63) is 30.3 Å². The van der Waals surface area contributed by atoms with E-state index in [0.29, 0.717) is 17.1 Å². The molecule has 0 spiro atoms. The van der Waals surface area contributed by atoms with Gasteiger partial charge >= 0.3 is 0 Å². The molecule has 1 aromatic rings. The Morgan fingerprint density at radius 1 is 0.792 bits per heavy atom. The normalized spacial score (nSPS) is 63.2. The van der Waals surface area contributed by atoms with Crippen LogP contribution in [-0.4, -0.2) is 29.6 Å². The molecule has 0 saturated heterocycles. The summed E-state index contributed by atoms with van der Waals surface area (Å²) in [7, 11) is 0. The number of hydrogen-bond acceptors (Lipinski definition) is 1. The van der Waals surface area contributed by atoms with E-state index in [0.717, 1.165) is 0 Å². The van der Waals surface area contributed by atoms with E-state index in [-0.39, 0.29) is 17.8 Å². The number of alkyl halides is 6. The molecule has 7 rings (SSSR count). The first-order chi connectivity index (χ1) is 11.2. The zero-order valence-corrected chi connectivity index (χ0v) is 17.5. The van der Waals surface area contributed by atoms with Crippen LogP contribution in [0.4, 0.5) is 0 Å². The number of benzene rings is 1. The minimum absolute atomic E-state index is 0.144. The maximum absolute atomic E-state index is 7.12. The number of hydrogen-bond donors (Lipinski definition) is 0. The molecule has 10 atom stereocenters. The van der Waals surface area contributed by atoms with Gasteiger partial charge in [0, 0.05) is 10.1 Å². The fourth-order valence-corrected chi connectivity index (χ4v) is 12.6. The highest BCUT2D eigenvalue weighted by Crippen LogP contribution is 2.96. The Hall–Kier alpha value is 1.31. The van der Waals surface area contributed by atoms with Gasteiger partial charge in [0.25, 0.3) is 0 Å². The fourth-order valence-electron chi connectivity index (χ4n) is 6.96. The van der Waals surface area contributed by atoms with Crippen molar-refractivity contribution in [1.29, 1.82) is 0 Å². The molecule has 128 valence electrons. The van der Waals surface area contributed by atoms with E-state index in [1.54, 1.807) is 0 Å². The topological polar surface area (TPSA) is 0 Å². The van der Waals surface area contributed by atoms with Crippen molar-refractivity contribution in [2.24, 2.45) is 29.6 Å². The molecule has 0 radical (unpaired) electrons. The number of rotatable bonds is 2.